The maximum Gasteiger partial charge on any atom is 0.219 e. The first-order chi connectivity index (χ1) is 21.0. The van der Waals surface area contributed by atoms with Gasteiger partial charge in [-0.15, -0.1) is 0 Å². The van der Waals surface area contributed by atoms with Crippen LogP contribution in [0.1, 0.15) is 125 Å². The maximum atomic E-state index is 12.6. The van der Waals surface area contributed by atoms with Crippen LogP contribution in [0.25, 0.3) is 0 Å². The van der Waals surface area contributed by atoms with E-state index in [-0.39, 0.29) is 47.3 Å². The van der Waals surface area contributed by atoms with Gasteiger partial charge in [-0.25, -0.2) is 0 Å². The second-order valence-corrected chi connectivity index (χ2v) is 15.7. The van der Waals surface area contributed by atoms with E-state index in [4.69, 9.17) is 9.68 Å². The van der Waals surface area contributed by atoms with Crippen molar-refractivity contribution in [1.29, 1.82) is 0 Å². The smallest absolute Gasteiger partial charge is 0.219 e. The number of hydroxylamine groups is 3. The van der Waals surface area contributed by atoms with Crippen LogP contribution in [0.4, 0.5) is 0 Å². The molecule has 0 bridgehead atoms. The van der Waals surface area contributed by atoms with Crippen molar-refractivity contribution in [3.8, 4) is 0 Å². The highest BCUT2D eigenvalue weighted by atomic mass is 16.7. The van der Waals surface area contributed by atoms with E-state index in [1.165, 1.54) is 25.7 Å². The molecule has 5 unspecified atom stereocenters. The second-order valence-electron chi connectivity index (χ2n) is 15.7. The summed E-state index contributed by atoms with van der Waals surface area (Å²) >= 11 is 0. The van der Waals surface area contributed by atoms with E-state index in [0.29, 0.717) is 60.7 Å². The Hall–Kier alpha value is -1.35. The molecule has 0 radical (unpaired) electrons. The molecule has 8 nitrogen and oxygen atoms in total. The van der Waals surface area contributed by atoms with Crippen LogP contribution in [0.15, 0.2) is 0 Å². The largest absolute Gasteiger partial charge is 0.356 e. The van der Waals surface area contributed by atoms with Crippen molar-refractivity contribution in [2.45, 2.75) is 143 Å². The molecule has 4 aliphatic carbocycles. The van der Waals surface area contributed by atoms with Gasteiger partial charge < -0.3 is 5.32 Å². The Balaban J connectivity index is 1.32. The van der Waals surface area contributed by atoms with Crippen molar-refractivity contribution in [3.63, 3.8) is 0 Å². The molecule has 0 aromatic heterocycles. The average Bonchev–Trinajstić information content (AvgIpc) is 3.60. The van der Waals surface area contributed by atoms with Gasteiger partial charge in [0.25, 0.3) is 0 Å². The van der Waals surface area contributed by atoms with E-state index < -0.39 is 0 Å². The zero-order valence-electron chi connectivity index (χ0n) is 28.5. The molecule has 1 aliphatic heterocycles. The van der Waals surface area contributed by atoms with Crippen LogP contribution in [0, 0.1) is 46.3 Å². The molecule has 5 rings (SSSR count). The van der Waals surface area contributed by atoms with Gasteiger partial charge in [-0.1, -0.05) is 27.7 Å². The Morgan fingerprint density at radius 3 is 2.45 bits per heavy atom. The van der Waals surface area contributed by atoms with Crippen LogP contribution in [0.5, 0.6) is 0 Å². The molecule has 0 aromatic carbocycles. The standard InChI is InChI=1S/C36H61N3O5/c1-7-31(41)30-10-9-19-39(30)44-26-15-17-35(5)25(20-26)21-32(43-38-22-24(4)40)34-28-13-12-27(36(28,6)18-16-29(34)35)23(3)11-14-33(42)37-8-2/h23,25-30,32,34,38H,7-22H2,1-6H3,(H,37,42)/t23-,25-,26+,27?,28?,29?,30-,32?,34?,35-,36+/m0/s1. The van der Waals surface area contributed by atoms with Crippen LogP contribution in [0.2, 0.25) is 0 Å². The summed E-state index contributed by atoms with van der Waals surface area (Å²) in [5, 5.41) is 5.00. The fourth-order valence-corrected chi connectivity index (χ4v) is 11.1. The van der Waals surface area contributed by atoms with Gasteiger partial charge in [-0.05, 0) is 131 Å². The molecule has 8 heteroatoms. The van der Waals surface area contributed by atoms with Crippen LogP contribution >= 0.6 is 0 Å². The van der Waals surface area contributed by atoms with E-state index >= 15 is 0 Å². The zero-order chi connectivity index (χ0) is 31.6. The summed E-state index contributed by atoms with van der Waals surface area (Å²) in [4.78, 5) is 49.8. The van der Waals surface area contributed by atoms with Crippen molar-refractivity contribution in [1.82, 2.24) is 15.9 Å². The summed E-state index contributed by atoms with van der Waals surface area (Å²) in [5.41, 5.74) is 3.59. The van der Waals surface area contributed by atoms with Gasteiger partial charge >= 0.3 is 0 Å². The van der Waals surface area contributed by atoms with Crippen molar-refractivity contribution in [2.75, 3.05) is 19.6 Å². The first-order valence-corrected chi connectivity index (χ1v) is 18.1. The Kier molecular flexibility index (Phi) is 11.0. The molecule has 2 N–H and O–H groups in total. The van der Waals surface area contributed by atoms with Crippen LogP contribution in [-0.4, -0.2) is 60.4 Å². The molecule has 1 saturated heterocycles. The van der Waals surface area contributed by atoms with Crippen molar-refractivity contribution >= 4 is 17.5 Å². The van der Waals surface area contributed by atoms with Crippen LogP contribution in [-0.2, 0) is 24.1 Å². The molecular weight excluding hydrogens is 554 g/mol. The zero-order valence-corrected chi connectivity index (χ0v) is 28.5. The minimum Gasteiger partial charge on any atom is -0.356 e. The summed E-state index contributed by atoms with van der Waals surface area (Å²) in [6, 6.07) is -0.0781. The van der Waals surface area contributed by atoms with Gasteiger partial charge in [0.15, 0.2) is 5.78 Å². The number of carbonyl (C=O) groups is 3. The van der Waals surface area contributed by atoms with Crippen LogP contribution < -0.4 is 10.8 Å². The first kappa shape index (κ1) is 34.0. The fraction of sp³-hybridized carbons (Fsp3) is 0.917. The molecule has 5 fully saturated rings. The number of fused-ring (bicyclic) bond motifs is 5. The van der Waals surface area contributed by atoms with Gasteiger partial charge in [0.1, 0.15) is 5.78 Å². The van der Waals surface area contributed by atoms with Crippen molar-refractivity contribution in [3.05, 3.63) is 0 Å². The third kappa shape index (κ3) is 6.70. The number of amides is 1. The summed E-state index contributed by atoms with van der Waals surface area (Å²) < 4.78 is 0. The minimum atomic E-state index is -0.0781. The molecule has 0 spiro atoms. The van der Waals surface area contributed by atoms with Crippen molar-refractivity contribution < 1.29 is 24.1 Å². The number of carbonyl (C=O) groups excluding carboxylic acids is 3. The summed E-state index contributed by atoms with van der Waals surface area (Å²) in [6.45, 7) is 14.8. The van der Waals surface area contributed by atoms with Gasteiger partial charge in [0.2, 0.25) is 5.91 Å². The van der Waals surface area contributed by atoms with E-state index in [1.54, 1.807) is 6.92 Å². The van der Waals surface area contributed by atoms with Gasteiger partial charge in [-0.2, -0.15) is 10.5 Å². The topological polar surface area (TPSA) is 97.0 Å². The number of rotatable bonds is 13. The number of nitrogens with one attached hydrogen (secondary N) is 2. The summed E-state index contributed by atoms with van der Waals surface area (Å²) in [5.74, 6) is 3.86. The summed E-state index contributed by atoms with van der Waals surface area (Å²) in [7, 11) is 0. The van der Waals surface area contributed by atoms with E-state index in [2.05, 4.69) is 31.6 Å². The normalized spacial score (nSPS) is 41.0. The molecular formula is C36H61N3O5. The molecule has 11 atom stereocenters. The lowest BCUT2D eigenvalue weighted by molar-refractivity contribution is -0.245. The Morgan fingerprint density at radius 2 is 1.73 bits per heavy atom. The van der Waals surface area contributed by atoms with Gasteiger partial charge in [0.05, 0.1) is 24.8 Å². The second kappa shape index (κ2) is 14.2. The number of hydrogen-bond donors (Lipinski definition) is 2. The molecule has 44 heavy (non-hydrogen) atoms. The number of Topliss-reactive ketones (excluding diaryl/α,β-unsaturated/α-hetero) is 2. The van der Waals surface area contributed by atoms with Gasteiger partial charge in [0, 0.05) is 25.9 Å². The van der Waals surface area contributed by atoms with E-state index in [9.17, 15) is 14.4 Å². The number of nitrogens with zero attached hydrogens (tertiary/aromatic N) is 1. The summed E-state index contributed by atoms with van der Waals surface area (Å²) in [6.07, 6.45) is 13.5. The molecule has 5 aliphatic rings. The average molecular weight is 616 g/mol. The molecule has 4 saturated carbocycles. The monoisotopic (exact) mass is 615 g/mol. The highest BCUT2D eigenvalue weighted by molar-refractivity contribution is 5.83. The molecule has 1 heterocycles. The minimum absolute atomic E-state index is 0.0754. The Labute approximate surface area is 266 Å². The predicted octanol–water partition coefficient (Wildman–Crippen LogP) is 6.03. The molecule has 0 aromatic rings. The van der Waals surface area contributed by atoms with E-state index in [1.807, 2.05) is 18.9 Å². The van der Waals surface area contributed by atoms with Gasteiger partial charge in [-0.3, -0.25) is 24.1 Å². The third-order valence-electron chi connectivity index (χ3n) is 13.3. The number of ketones is 2. The quantitative estimate of drug-likeness (QED) is 0.244. The highest BCUT2D eigenvalue weighted by Crippen LogP contribution is 2.68. The fourth-order valence-electron chi connectivity index (χ4n) is 11.1. The van der Waals surface area contributed by atoms with E-state index in [0.717, 1.165) is 51.5 Å². The Morgan fingerprint density at radius 1 is 0.977 bits per heavy atom. The van der Waals surface area contributed by atoms with Crippen molar-refractivity contribution in [2.24, 2.45) is 46.3 Å². The first-order valence-electron chi connectivity index (χ1n) is 18.1. The lowest BCUT2D eigenvalue weighted by atomic mass is 9.43. The third-order valence-corrected chi connectivity index (χ3v) is 13.3. The van der Waals surface area contributed by atoms with Crippen LogP contribution in [0.3, 0.4) is 0 Å². The lowest BCUT2D eigenvalue weighted by Crippen LogP contribution is -2.60. The Bertz CT molecular complexity index is 1040. The SMILES string of the molecule is CCNC(=O)CC[C@H](C)C1CCC2C3C(ONCC(C)=O)C[C@@H]4C[C@H](ON5CCC[C@H]5C(=O)CC)CC[C@]4(C)C3CC[C@@]21C. The maximum absolute atomic E-state index is 12.6. The molecule has 250 valence electrons. The number of hydrogen-bond acceptors (Lipinski definition) is 7. The predicted molar refractivity (Wildman–Crippen MR) is 171 cm³/mol. The lowest BCUT2D eigenvalue weighted by Gasteiger charge is -2.63. The molecule has 1 amide bonds. The highest BCUT2D eigenvalue weighted by Gasteiger charge is 2.63.